The molecule has 0 aliphatic carbocycles. The van der Waals surface area contributed by atoms with Crippen LogP contribution in [0.3, 0.4) is 0 Å². The molecule has 10 heteroatoms. The van der Waals surface area contributed by atoms with Crippen molar-refractivity contribution in [2.45, 2.75) is 45.0 Å². The molecule has 1 amide bonds. The fourth-order valence-corrected chi connectivity index (χ4v) is 4.32. The molecule has 0 unspecified atom stereocenters. The maximum atomic E-state index is 12.3. The zero-order valence-corrected chi connectivity index (χ0v) is 20.7. The second-order valence-corrected chi connectivity index (χ2v) is 10.7. The highest BCUT2D eigenvalue weighted by Crippen LogP contribution is 2.19. The Hall–Kier alpha value is -3.08. The van der Waals surface area contributed by atoms with Gasteiger partial charge in [-0.1, -0.05) is 56.3 Å². The van der Waals surface area contributed by atoms with Gasteiger partial charge in [-0.25, -0.2) is 8.42 Å². The SMILES string of the molecule is CC(C)(CO)[C@@H](O)C(=O)NCCC(=O)C(=O)CCc1ccc(NS(=O)(=O)Cc2ccccc2)cc1. The molecule has 0 spiro atoms. The topological polar surface area (TPSA) is 150 Å². The van der Waals surface area contributed by atoms with E-state index in [4.69, 9.17) is 0 Å². The number of Topliss-reactive ketones (excluding diaryl/α,β-unsaturated/α-hetero) is 2. The van der Waals surface area contributed by atoms with Crippen molar-refractivity contribution in [1.82, 2.24) is 5.32 Å². The Morgan fingerprint density at radius 1 is 0.914 bits per heavy atom. The van der Waals surface area contributed by atoms with Gasteiger partial charge < -0.3 is 15.5 Å². The molecule has 0 aromatic heterocycles. The number of anilines is 1. The van der Waals surface area contributed by atoms with Crippen LogP contribution in [0, 0.1) is 5.41 Å². The summed E-state index contributed by atoms with van der Waals surface area (Å²) < 4.78 is 27.2. The van der Waals surface area contributed by atoms with Crippen LogP contribution >= 0.6 is 0 Å². The summed E-state index contributed by atoms with van der Waals surface area (Å²) in [7, 11) is -3.57. The molecule has 0 fully saturated rings. The Bertz CT molecular complexity index is 1110. The first-order valence-corrected chi connectivity index (χ1v) is 12.8. The third-order valence-corrected chi connectivity index (χ3v) is 6.69. The Balaban J connectivity index is 1.77. The van der Waals surface area contributed by atoms with E-state index in [1.165, 1.54) is 13.8 Å². The number of carbonyl (C=O) groups excluding carboxylic acids is 3. The molecular formula is C25H32N2O7S. The highest BCUT2D eigenvalue weighted by atomic mass is 32.2. The minimum absolute atomic E-state index is 0.0218. The molecule has 2 aromatic carbocycles. The molecule has 0 bridgehead atoms. The first kappa shape index (κ1) is 28.2. The van der Waals surface area contributed by atoms with E-state index >= 15 is 0 Å². The lowest BCUT2D eigenvalue weighted by molar-refractivity contribution is -0.138. The molecule has 9 nitrogen and oxygen atoms in total. The van der Waals surface area contributed by atoms with Crippen LogP contribution in [-0.4, -0.2) is 55.4 Å². The quantitative estimate of drug-likeness (QED) is 0.285. The molecule has 4 N–H and O–H groups in total. The summed E-state index contributed by atoms with van der Waals surface area (Å²) in [6, 6.07) is 15.4. The minimum Gasteiger partial charge on any atom is -0.396 e. The van der Waals surface area contributed by atoms with Gasteiger partial charge in [0, 0.05) is 30.5 Å². The van der Waals surface area contributed by atoms with Gasteiger partial charge in [-0.3, -0.25) is 19.1 Å². The average molecular weight is 505 g/mol. The number of benzene rings is 2. The van der Waals surface area contributed by atoms with E-state index in [1.807, 2.05) is 6.07 Å². The van der Waals surface area contributed by atoms with Gasteiger partial charge in [-0.2, -0.15) is 0 Å². The van der Waals surface area contributed by atoms with Crippen molar-refractivity contribution in [1.29, 1.82) is 0 Å². The lowest BCUT2D eigenvalue weighted by Gasteiger charge is -2.27. The summed E-state index contributed by atoms with van der Waals surface area (Å²) >= 11 is 0. The van der Waals surface area contributed by atoms with Crippen LogP contribution in [0.15, 0.2) is 54.6 Å². The van der Waals surface area contributed by atoms with Crippen LogP contribution in [-0.2, 0) is 36.6 Å². The van der Waals surface area contributed by atoms with Gasteiger partial charge in [0.2, 0.25) is 15.9 Å². The molecule has 2 aromatic rings. The second kappa shape index (κ2) is 12.6. The van der Waals surface area contributed by atoms with Crippen molar-refractivity contribution >= 4 is 33.2 Å². The molecule has 1 atom stereocenters. The number of ketones is 2. The summed E-state index contributed by atoms with van der Waals surface area (Å²) in [6.07, 6.45) is -1.35. The molecule has 0 radical (unpaired) electrons. The van der Waals surface area contributed by atoms with E-state index < -0.39 is 39.0 Å². The molecule has 0 saturated carbocycles. The van der Waals surface area contributed by atoms with E-state index in [9.17, 15) is 33.0 Å². The smallest absolute Gasteiger partial charge is 0.249 e. The third-order valence-electron chi connectivity index (χ3n) is 5.43. The van der Waals surface area contributed by atoms with E-state index in [0.717, 1.165) is 5.56 Å². The lowest BCUT2D eigenvalue weighted by atomic mass is 9.87. The number of amides is 1. The van der Waals surface area contributed by atoms with E-state index in [0.29, 0.717) is 17.7 Å². The normalized spacial score (nSPS) is 12.6. The first-order chi connectivity index (χ1) is 16.4. The Kier molecular flexibility index (Phi) is 10.1. The first-order valence-electron chi connectivity index (χ1n) is 11.2. The number of rotatable bonds is 14. The summed E-state index contributed by atoms with van der Waals surface area (Å²) in [5, 5.41) is 21.5. The van der Waals surface area contributed by atoms with Crippen molar-refractivity contribution in [2.24, 2.45) is 5.41 Å². The number of carbonyl (C=O) groups is 3. The van der Waals surface area contributed by atoms with Gasteiger partial charge in [0.05, 0.1) is 12.4 Å². The molecule has 0 saturated heterocycles. The van der Waals surface area contributed by atoms with Gasteiger partial charge in [0.25, 0.3) is 0 Å². The second-order valence-electron chi connectivity index (χ2n) is 8.98. The average Bonchev–Trinajstić information content (AvgIpc) is 2.82. The summed E-state index contributed by atoms with van der Waals surface area (Å²) in [5.41, 5.74) is 0.805. The molecule has 2 rings (SSSR count). The molecular weight excluding hydrogens is 472 g/mol. The lowest BCUT2D eigenvalue weighted by Crippen LogP contribution is -2.46. The number of hydrogen-bond donors (Lipinski definition) is 4. The Labute approximate surface area is 205 Å². The van der Waals surface area contributed by atoms with Crippen molar-refractivity contribution in [3.8, 4) is 0 Å². The number of sulfonamides is 1. The summed E-state index contributed by atoms with van der Waals surface area (Å²) in [6.45, 7) is 2.57. The standard InChI is InChI=1S/C25H32N2O7S/c1-25(2,17-28)23(31)24(32)26-15-14-22(30)21(29)13-10-18-8-11-20(12-9-18)27-35(33,34)16-19-6-4-3-5-7-19/h3-9,11-12,23,27-28,31H,10,13-17H2,1-2H3,(H,26,32)/t23-/m0/s1. The summed E-state index contributed by atoms with van der Waals surface area (Å²) in [5.74, 6) is -2.08. The van der Waals surface area contributed by atoms with E-state index in [-0.39, 0.29) is 31.7 Å². The van der Waals surface area contributed by atoms with Crippen molar-refractivity contribution < 1.29 is 33.0 Å². The van der Waals surface area contributed by atoms with Gasteiger partial charge in [0.15, 0.2) is 11.6 Å². The molecule has 0 aliphatic heterocycles. The maximum absolute atomic E-state index is 12.3. The zero-order chi connectivity index (χ0) is 26.1. The number of aliphatic hydroxyl groups excluding tert-OH is 2. The Morgan fingerprint density at radius 3 is 2.11 bits per heavy atom. The fourth-order valence-electron chi connectivity index (χ4n) is 3.12. The minimum atomic E-state index is -3.57. The predicted octanol–water partition coefficient (Wildman–Crippen LogP) is 1.58. The van der Waals surface area contributed by atoms with Gasteiger partial charge in [-0.15, -0.1) is 0 Å². The van der Waals surface area contributed by atoms with Gasteiger partial charge in [0.1, 0.15) is 6.10 Å². The van der Waals surface area contributed by atoms with Gasteiger partial charge >= 0.3 is 0 Å². The number of hydrogen-bond acceptors (Lipinski definition) is 7. The monoisotopic (exact) mass is 504 g/mol. The molecule has 0 aliphatic rings. The van der Waals surface area contributed by atoms with Crippen molar-refractivity contribution in [3.05, 3.63) is 65.7 Å². The van der Waals surface area contributed by atoms with Crippen LogP contribution in [0.25, 0.3) is 0 Å². The number of nitrogens with one attached hydrogen (secondary N) is 2. The highest BCUT2D eigenvalue weighted by Gasteiger charge is 2.32. The third kappa shape index (κ3) is 9.23. The van der Waals surface area contributed by atoms with Crippen LogP contribution in [0.2, 0.25) is 0 Å². The fraction of sp³-hybridized carbons (Fsp3) is 0.400. The molecule has 0 heterocycles. The van der Waals surface area contributed by atoms with Crippen LogP contribution in [0.5, 0.6) is 0 Å². The maximum Gasteiger partial charge on any atom is 0.249 e. The predicted molar refractivity (Wildman–Crippen MR) is 132 cm³/mol. The van der Waals surface area contributed by atoms with Crippen LogP contribution < -0.4 is 10.0 Å². The highest BCUT2D eigenvalue weighted by molar-refractivity contribution is 7.91. The van der Waals surface area contributed by atoms with Crippen molar-refractivity contribution in [2.75, 3.05) is 17.9 Å². The largest absolute Gasteiger partial charge is 0.396 e. The van der Waals surface area contributed by atoms with Crippen LogP contribution in [0.4, 0.5) is 5.69 Å². The number of aryl methyl sites for hydroxylation is 1. The summed E-state index contributed by atoms with van der Waals surface area (Å²) in [4.78, 5) is 36.1. The Morgan fingerprint density at radius 2 is 1.51 bits per heavy atom. The molecule has 190 valence electrons. The molecule has 35 heavy (non-hydrogen) atoms. The number of aliphatic hydroxyl groups is 2. The van der Waals surface area contributed by atoms with Crippen LogP contribution in [0.1, 0.15) is 37.8 Å². The van der Waals surface area contributed by atoms with E-state index in [2.05, 4.69) is 10.0 Å². The van der Waals surface area contributed by atoms with Gasteiger partial charge in [-0.05, 0) is 29.7 Å². The van der Waals surface area contributed by atoms with E-state index in [1.54, 1.807) is 48.5 Å². The van der Waals surface area contributed by atoms with Crippen molar-refractivity contribution in [3.63, 3.8) is 0 Å². The zero-order valence-electron chi connectivity index (χ0n) is 19.9.